The molecule has 0 bridgehead atoms. The smallest absolute Gasteiger partial charge is 0.336 e. The van der Waals surface area contributed by atoms with Crippen LogP contribution in [0.2, 0.25) is 0 Å². The van der Waals surface area contributed by atoms with Gasteiger partial charge in [0.2, 0.25) is 10.0 Å². The lowest BCUT2D eigenvalue weighted by molar-refractivity contribution is -0.155. The number of aliphatic hydroxyl groups is 1. The van der Waals surface area contributed by atoms with Gasteiger partial charge in [0, 0.05) is 0 Å². The molecule has 1 rings (SSSR count). The highest BCUT2D eigenvalue weighted by Crippen LogP contribution is 2.16. The van der Waals surface area contributed by atoms with Crippen molar-refractivity contribution in [3.05, 3.63) is 29.8 Å². The summed E-state index contributed by atoms with van der Waals surface area (Å²) >= 11 is 0. The predicted molar refractivity (Wildman–Crippen MR) is 59.8 cm³/mol. The van der Waals surface area contributed by atoms with Crippen LogP contribution in [0.25, 0.3) is 0 Å². The summed E-state index contributed by atoms with van der Waals surface area (Å²) < 4.78 is 51.2. The van der Waals surface area contributed by atoms with Crippen LogP contribution in [0.5, 0.6) is 0 Å². The number of carboxylic acids is 1. The van der Waals surface area contributed by atoms with Crippen molar-refractivity contribution in [1.29, 1.82) is 0 Å². The molecule has 0 aromatic heterocycles. The number of hydrogen-bond acceptors (Lipinski definition) is 4. The Morgan fingerprint density at radius 3 is 2.53 bits per heavy atom. The maximum Gasteiger partial charge on any atom is 0.336 e. The third-order valence-electron chi connectivity index (χ3n) is 2.25. The molecule has 0 fully saturated rings. The van der Waals surface area contributed by atoms with Gasteiger partial charge in [-0.1, -0.05) is 0 Å². The second-order valence-electron chi connectivity index (χ2n) is 3.98. The fourth-order valence-electron chi connectivity index (χ4n) is 1.07. The van der Waals surface area contributed by atoms with Gasteiger partial charge < -0.3 is 10.2 Å². The molecule has 0 heterocycles. The number of aliphatic carboxylic acids is 1. The van der Waals surface area contributed by atoms with Crippen LogP contribution in [0, 0.1) is 11.6 Å². The first-order chi connectivity index (χ1) is 8.56. The topological polar surface area (TPSA) is 104 Å². The molecule has 0 radical (unpaired) electrons. The third-order valence-corrected chi connectivity index (χ3v) is 3.67. The lowest BCUT2D eigenvalue weighted by Crippen LogP contribution is -2.46. The Hall–Kier alpha value is -1.58. The highest BCUT2D eigenvalue weighted by molar-refractivity contribution is 7.89. The second-order valence-corrected chi connectivity index (χ2v) is 5.71. The van der Waals surface area contributed by atoms with Crippen LogP contribution in [0.15, 0.2) is 23.1 Å². The van der Waals surface area contributed by atoms with Crippen molar-refractivity contribution in [2.75, 3.05) is 6.54 Å². The summed E-state index contributed by atoms with van der Waals surface area (Å²) in [6, 6.07) is 1.81. The summed E-state index contributed by atoms with van der Waals surface area (Å²) in [6.45, 7) is -0.0274. The zero-order valence-electron chi connectivity index (χ0n) is 9.72. The molecule has 0 spiro atoms. The lowest BCUT2D eigenvalue weighted by Gasteiger charge is -2.18. The molecule has 1 atom stereocenters. The molecular formula is C10H11F2NO5S. The minimum atomic E-state index is -4.47. The normalized spacial score (nSPS) is 14.9. The van der Waals surface area contributed by atoms with Crippen molar-refractivity contribution in [2.24, 2.45) is 0 Å². The number of halogens is 2. The van der Waals surface area contributed by atoms with Crippen molar-refractivity contribution in [3.63, 3.8) is 0 Å². The van der Waals surface area contributed by atoms with Crippen molar-refractivity contribution in [2.45, 2.75) is 17.4 Å². The van der Waals surface area contributed by atoms with Gasteiger partial charge in [0.25, 0.3) is 0 Å². The molecule has 1 unspecified atom stereocenters. The number of carboxylic acid groups (broad SMARTS) is 1. The Morgan fingerprint density at radius 1 is 1.42 bits per heavy atom. The summed E-state index contributed by atoms with van der Waals surface area (Å²) in [6.07, 6.45) is 0. The molecule has 0 amide bonds. The van der Waals surface area contributed by atoms with Crippen LogP contribution in [0.1, 0.15) is 6.92 Å². The van der Waals surface area contributed by atoms with Crippen LogP contribution in [-0.2, 0) is 14.8 Å². The Labute approximate surface area is 107 Å². The fraction of sp³-hybridized carbons (Fsp3) is 0.300. The molecule has 0 saturated carbocycles. The first-order valence-corrected chi connectivity index (χ1v) is 6.45. The molecule has 0 aliphatic carbocycles. The van der Waals surface area contributed by atoms with Crippen LogP contribution in [0.3, 0.4) is 0 Å². The number of rotatable bonds is 5. The molecule has 19 heavy (non-hydrogen) atoms. The van der Waals surface area contributed by atoms with E-state index in [-0.39, 0.29) is 0 Å². The summed E-state index contributed by atoms with van der Waals surface area (Å²) in [5.74, 6) is -3.81. The lowest BCUT2D eigenvalue weighted by atomic mass is 10.1. The van der Waals surface area contributed by atoms with Gasteiger partial charge in [-0.05, 0) is 25.1 Å². The molecule has 0 aliphatic rings. The van der Waals surface area contributed by atoms with Gasteiger partial charge >= 0.3 is 5.97 Å². The van der Waals surface area contributed by atoms with E-state index in [0.29, 0.717) is 12.1 Å². The highest BCUT2D eigenvalue weighted by atomic mass is 32.2. The van der Waals surface area contributed by atoms with Gasteiger partial charge in [0.05, 0.1) is 6.54 Å². The zero-order valence-corrected chi connectivity index (χ0v) is 10.5. The molecule has 0 aliphatic heterocycles. The van der Waals surface area contributed by atoms with Crippen LogP contribution in [-0.4, -0.2) is 36.7 Å². The number of hydrogen-bond donors (Lipinski definition) is 3. The fourth-order valence-corrected chi connectivity index (χ4v) is 2.29. The molecule has 6 nitrogen and oxygen atoms in total. The van der Waals surface area contributed by atoms with Gasteiger partial charge in [-0.15, -0.1) is 0 Å². The quantitative estimate of drug-likeness (QED) is 0.713. The van der Waals surface area contributed by atoms with E-state index < -0.39 is 44.7 Å². The molecule has 1 aromatic carbocycles. The number of nitrogens with one attached hydrogen (secondary N) is 1. The molecule has 0 saturated heterocycles. The molecule has 106 valence electrons. The number of carbonyl (C=O) groups is 1. The molecule has 3 N–H and O–H groups in total. The minimum absolute atomic E-state index is 0.452. The maximum atomic E-state index is 13.3. The Morgan fingerprint density at radius 2 is 2.00 bits per heavy atom. The van der Waals surface area contributed by atoms with Gasteiger partial charge in [-0.2, -0.15) is 0 Å². The van der Waals surface area contributed by atoms with Crippen LogP contribution in [0.4, 0.5) is 8.78 Å². The summed E-state index contributed by atoms with van der Waals surface area (Å²) in [4.78, 5) is 9.61. The molecule has 1 aromatic rings. The minimum Gasteiger partial charge on any atom is -0.479 e. The summed E-state index contributed by atoms with van der Waals surface area (Å²) in [7, 11) is -4.47. The Kier molecular flexibility index (Phi) is 4.23. The molecule has 9 heteroatoms. The number of sulfonamides is 1. The average molecular weight is 295 g/mol. The third kappa shape index (κ3) is 3.69. The Bertz CT molecular complexity index is 600. The second kappa shape index (κ2) is 5.19. The van der Waals surface area contributed by atoms with Crippen LogP contribution < -0.4 is 4.72 Å². The van der Waals surface area contributed by atoms with E-state index >= 15 is 0 Å². The SMILES string of the molecule is CC(O)(CNS(=O)(=O)c1cc(F)ccc1F)C(=O)O. The first kappa shape index (κ1) is 15.5. The first-order valence-electron chi connectivity index (χ1n) is 4.97. The average Bonchev–Trinajstić information content (AvgIpc) is 2.30. The van der Waals surface area contributed by atoms with Crippen molar-refractivity contribution in [3.8, 4) is 0 Å². The van der Waals surface area contributed by atoms with Gasteiger partial charge in [-0.25, -0.2) is 26.7 Å². The summed E-state index contributed by atoms with van der Waals surface area (Å²) in [5.41, 5.74) is -2.36. The molecular weight excluding hydrogens is 284 g/mol. The van der Waals surface area contributed by atoms with E-state index in [9.17, 15) is 27.1 Å². The van der Waals surface area contributed by atoms with Crippen molar-refractivity contribution >= 4 is 16.0 Å². The van der Waals surface area contributed by atoms with E-state index in [1.807, 2.05) is 0 Å². The standard InChI is InChI=1S/C10H11F2NO5S/c1-10(16,9(14)15)5-13-19(17,18)8-4-6(11)2-3-7(8)12/h2-4,13,16H,5H2,1H3,(H,14,15). The largest absolute Gasteiger partial charge is 0.479 e. The van der Waals surface area contributed by atoms with E-state index in [2.05, 4.69) is 0 Å². The van der Waals surface area contributed by atoms with E-state index in [4.69, 9.17) is 5.11 Å². The zero-order chi connectivity index (χ0) is 14.8. The highest BCUT2D eigenvalue weighted by Gasteiger charge is 2.32. The van der Waals surface area contributed by atoms with Gasteiger partial charge in [0.15, 0.2) is 5.60 Å². The van der Waals surface area contributed by atoms with E-state index in [0.717, 1.165) is 13.0 Å². The van der Waals surface area contributed by atoms with Gasteiger partial charge in [-0.3, -0.25) is 0 Å². The van der Waals surface area contributed by atoms with E-state index in [1.54, 1.807) is 4.72 Å². The van der Waals surface area contributed by atoms with Crippen molar-refractivity contribution < 1.29 is 32.2 Å². The predicted octanol–water partition coefficient (Wildman–Crippen LogP) is 0.0787. The maximum absolute atomic E-state index is 13.3. The number of benzene rings is 1. The van der Waals surface area contributed by atoms with E-state index in [1.165, 1.54) is 0 Å². The van der Waals surface area contributed by atoms with Crippen LogP contribution >= 0.6 is 0 Å². The van der Waals surface area contributed by atoms with Gasteiger partial charge in [0.1, 0.15) is 16.5 Å². The van der Waals surface area contributed by atoms with Crippen molar-refractivity contribution in [1.82, 2.24) is 4.72 Å². The summed E-state index contributed by atoms with van der Waals surface area (Å²) in [5, 5.41) is 17.9. The monoisotopic (exact) mass is 295 g/mol. The Balaban J connectivity index is 3.00.